The van der Waals surface area contributed by atoms with Gasteiger partial charge in [-0.3, -0.25) is 0 Å². The van der Waals surface area contributed by atoms with Crippen molar-refractivity contribution in [1.82, 2.24) is 9.55 Å². The normalized spacial score (nSPS) is 12.7. The quantitative estimate of drug-likeness (QED) is 0.860. The zero-order chi connectivity index (χ0) is 11.5. The van der Waals surface area contributed by atoms with E-state index in [0.29, 0.717) is 6.54 Å². The molecule has 0 radical (unpaired) electrons. The second-order valence-electron chi connectivity index (χ2n) is 3.78. The van der Waals surface area contributed by atoms with Crippen LogP contribution in [0.1, 0.15) is 13.0 Å². The fraction of sp³-hybridized carbons (Fsp3) is 0.250. The van der Waals surface area contributed by atoms with Crippen LogP contribution in [0.3, 0.4) is 0 Å². The monoisotopic (exact) mass is 219 g/mol. The van der Waals surface area contributed by atoms with Crippen LogP contribution in [0.15, 0.2) is 36.8 Å². The molecular weight excluding hydrogens is 205 g/mol. The molecule has 1 aromatic heterocycles. The highest BCUT2D eigenvalue weighted by Gasteiger charge is 2.09. The minimum absolute atomic E-state index is 0.153. The fourth-order valence-corrected chi connectivity index (χ4v) is 1.64. The summed E-state index contributed by atoms with van der Waals surface area (Å²) in [5, 5.41) is 0. The SMILES string of the molecule is CC(CN)n1cncc1-c1cccc(F)c1. The van der Waals surface area contributed by atoms with Crippen molar-refractivity contribution >= 4 is 0 Å². The zero-order valence-corrected chi connectivity index (χ0v) is 9.10. The highest BCUT2D eigenvalue weighted by atomic mass is 19.1. The molecule has 84 valence electrons. The van der Waals surface area contributed by atoms with Crippen LogP contribution in [0.2, 0.25) is 0 Å². The van der Waals surface area contributed by atoms with Gasteiger partial charge in [-0.25, -0.2) is 9.37 Å². The number of benzene rings is 1. The number of imidazole rings is 1. The summed E-state index contributed by atoms with van der Waals surface area (Å²) in [5.74, 6) is -0.245. The molecule has 0 saturated heterocycles. The third-order valence-corrected chi connectivity index (χ3v) is 2.60. The minimum Gasteiger partial charge on any atom is -0.328 e. The smallest absolute Gasteiger partial charge is 0.123 e. The second-order valence-corrected chi connectivity index (χ2v) is 3.78. The first-order chi connectivity index (χ1) is 7.72. The molecule has 4 heteroatoms. The van der Waals surface area contributed by atoms with E-state index in [4.69, 9.17) is 5.73 Å². The maximum atomic E-state index is 13.1. The van der Waals surface area contributed by atoms with Gasteiger partial charge in [0, 0.05) is 18.2 Å². The van der Waals surface area contributed by atoms with E-state index < -0.39 is 0 Å². The number of nitrogens with zero attached hydrogens (tertiary/aromatic N) is 2. The summed E-state index contributed by atoms with van der Waals surface area (Å²) >= 11 is 0. The van der Waals surface area contributed by atoms with Crippen molar-refractivity contribution in [1.29, 1.82) is 0 Å². The van der Waals surface area contributed by atoms with Crippen molar-refractivity contribution in [2.24, 2.45) is 5.73 Å². The van der Waals surface area contributed by atoms with Crippen molar-refractivity contribution in [2.45, 2.75) is 13.0 Å². The minimum atomic E-state index is -0.245. The van der Waals surface area contributed by atoms with E-state index in [2.05, 4.69) is 4.98 Å². The lowest BCUT2D eigenvalue weighted by Crippen LogP contribution is -2.16. The summed E-state index contributed by atoms with van der Waals surface area (Å²) in [5.41, 5.74) is 7.32. The molecule has 1 unspecified atom stereocenters. The number of rotatable bonds is 3. The molecule has 1 atom stereocenters. The lowest BCUT2D eigenvalue weighted by molar-refractivity contribution is 0.562. The molecule has 16 heavy (non-hydrogen) atoms. The number of hydrogen-bond donors (Lipinski definition) is 1. The predicted molar refractivity (Wildman–Crippen MR) is 61.4 cm³/mol. The summed E-state index contributed by atoms with van der Waals surface area (Å²) < 4.78 is 15.1. The van der Waals surface area contributed by atoms with Gasteiger partial charge >= 0.3 is 0 Å². The fourth-order valence-electron chi connectivity index (χ4n) is 1.64. The van der Waals surface area contributed by atoms with Crippen molar-refractivity contribution < 1.29 is 4.39 Å². The maximum absolute atomic E-state index is 13.1. The molecule has 0 aliphatic heterocycles. The zero-order valence-electron chi connectivity index (χ0n) is 9.10. The molecule has 2 N–H and O–H groups in total. The third kappa shape index (κ3) is 1.97. The lowest BCUT2D eigenvalue weighted by atomic mass is 10.1. The molecule has 0 amide bonds. The molecule has 2 rings (SSSR count). The topological polar surface area (TPSA) is 43.8 Å². The van der Waals surface area contributed by atoms with Crippen molar-refractivity contribution in [3.8, 4) is 11.3 Å². The molecule has 0 aliphatic carbocycles. The Morgan fingerprint density at radius 1 is 1.50 bits per heavy atom. The lowest BCUT2D eigenvalue weighted by Gasteiger charge is -2.14. The van der Waals surface area contributed by atoms with E-state index in [9.17, 15) is 4.39 Å². The number of aromatic nitrogens is 2. The predicted octanol–water partition coefficient (Wildman–Crippen LogP) is 2.21. The Kier molecular flexibility index (Phi) is 3.01. The van der Waals surface area contributed by atoms with Gasteiger partial charge in [0.05, 0.1) is 18.2 Å². The van der Waals surface area contributed by atoms with E-state index in [1.54, 1.807) is 18.6 Å². The molecule has 1 heterocycles. The number of halogens is 1. The van der Waals surface area contributed by atoms with Crippen molar-refractivity contribution in [3.63, 3.8) is 0 Å². The van der Waals surface area contributed by atoms with Gasteiger partial charge in [-0.1, -0.05) is 12.1 Å². The largest absolute Gasteiger partial charge is 0.328 e. The van der Waals surface area contributed by atoms with Crippen LogP contribution in [-0.4, -0.2) is 16.1 Å². The summed E-state index contributed by atoms with van der Waals surface area (Å²) in [6.07, 6.45) is 3.44. The van der Waals surface area contributed by atoms with Gasteiger partial charge < -0.3 is 10.3 Å². The summed E-state index contributed by atoms with van der Waals surface area (Å²) in [7, 11) is 0. The van der Waals surface area contributed by atoms with Gasteiger partial charge in [0.15, 0.2) is 0 Å². The first-order valence-electron chi connectivity index (χ1n) is 5.20. The van der Waals surface area contributed by atoms with Gasteiger partial charge in [-0.2, -0.15) is 0 Å². The Morgan fingerprint density at radius 2 is 2.31 bits per heavy atom. The Hall–Kier alpha value is -1.68. The van der Waals surface area contributed by atoms with Gasteiger partial charge in [0.25, 0.3) is 0 Å². The molecule has 3 nitrogen and oxygen atoms in total. The molecule has 0 bridgehead atoms. The number of hydrogen-bond acceptors (Lipinski definition) is 2. The summed E-state index contributed by atoms with van der Waals surface area (Å²) in [4.78, 5) is 4.08. The Morgan fingerprint density at radius 3 is 3.00 bits per heavy atom. The van der Waals surface area contributed by atoms with E-state index in [1.807, 2.05) is 17.6 Å². The van der Waals surface area contributed by atoms with Crippen LogP contribution in [0, 0.1) is 5.82 Å². The Balaban J connectivity index is 2.44. The average molecular weight is 219 g/mol. The maximum Gasteiger partial charge on any atom is 0.123 e. The average Bonchev–Trinajstić information content (AvgIpc) is 2.77. The standard InChI is InChI=1S/C12H14FN3/c1-9(6-14)16-8-15-7-12(16)10-3-2-4-11(13)5-10/h2-5,7-9H,6,14H2,1H3. The van der Waals surface area contributed by atoms with E-state index in [-0.39, 0.29) is 11.9 Å². The van der Waals surface area contributed by atoms with Crippen molar-refractivity contribution in [3.05, 3.63) is 42.6 Å². The van der Waals surface area contributed by atoms with E-state index in [1.165, 1.54) is 12.1 Å². The van der Waals surface area contributed by atoms with Crippen molar-refractivity contribution in [2.75, 3.05) is 6.54 Å². The van der Waals surface area contributed by atoms with Crippen LogP contribution >= 0.6 is 0 Å². The van der Waals surface area contributed by atoms with Crippen LogP contribution in [-0.2, 0) is 0 Å². The van der Waals surface area contributed by atoms with Gasteiger partial charge in [-0.15, -0.1) is 0 Å². The number of nitrogens with two attached hydrogens (primary N) is 1. The van der Waals surface area contributed by atoms with E-state index >= 15 is 0 Å². The summed E-state index contributed by atoms with van der Waals surface area (Å²) in [6, 6.07) is 6.63. The Bertz CT molecular complexity index is 479. The molecule has 0 aliphatic rings. The third-order valence-electron chi connectivity index (χ3n) is 2.60. The van der Waals surface area contributed by atoms with Gasteiger partial charge in [-0.05, 0) is 19.1 Å². The first kappa shape index (κ1) is 10.8. The molecule has 1 aromatic carbocycles. The van der Waals surface area contributed by atoms with Crippen LogP contribution in [0.5, 0.6) is 0 Å². The summed E-state index contributed by atoms with van der Waals surface area (Å²) in [6.45, 7) is 2.53. The molecule has 0 spiro atoms. The second kappa shape index (κ2) is 4.45. The first-order valence-corrected chi connectivity index (χ1v) is 5.20. The van der Waals surface area contributed by atoms with Crippen LogP contribution < -0.4 is 5.73 Å². The van der Waals surface area contributed by atoms with Gasteiger partial charge in [0.1, 0.15) is 5.82 Å². The molecular formula is C12H14FN3. The molecule has 0 fully saturated rings. The van der Waals surface area contributed by atoms with Crippen LogP contribution in [0.25, 0.3) is 11.3 Å². The Labute approximate surface area is 93.7 Å². The molecule has 0 saturated carbocycles. The highest BCUT2D eigenvalue weighted by molar-refractivity contribution is 5.58. The highest BCUT2D eigenvalue weighted by Crippen LogP contribution is 2.22. The van der Waals surface area contributed by atoms with Crippen LogP contribution in [0.4, 0.5) is 4.39 Å². The van der Waals surface area contributed by atoms with E-state index in [0.717, 1.165) is 11.3 Å². The van der Waals surface area contributed by atoms with Gasteiger partial charge in [0.2, 0.25) is 0 Å². The molecule has 2 aromatic rings.